The molecule has 2 N–H and O–H groups in total. The lowest BCUT2D eigenvalue weighted by atomic mass is 9.84. The molecule has 5 heteroatoms. The molecule has 0 fully saturated rings. The van der Waals surface area contributed by atoms with Crippen LogP contribution in [-0.2, 0) is 30.5 Å². The number of carbonyl (C=O) groups excluding carboxylic acids is 1. The number of aliphatic carboxylic acids is 1. The zero-order valence-corrected chi connectivity index (χ0v) is 16.2. The molecule has 4 rings (SSSR count). The van der Waals surface area contributed by atoms with E-state index in [9.17, 15) is 14.7 Å². The van der Waals surface area contributed by atoms with Gasteiger partial charge < -0.3 is 10.4 Å². The molecule has 0 radical (unpaired) electrons. The van der Waals surface area contributed by atoms with E-state index in [1.54, 1.807) is 11.3 Å². The Balaban J connectivity index is 1.47. The van der Waals surface area contributed by atoms with Crippen molar-refractivity contribution in [3.63, 3.8) is 0 Å². The third-order valence-corrected chi connectivity index (χ3v) is 7.17. The molecule has 4 nitrogen and oxygen atoms in total. The average molecular weight is 384 g/mol. The monoisotopic (exact) mass is 383 g/mol. The highest BCUT2D eigenvalue weighted by molar-refractivity contribution is 7.14. The van der Waals surface area contributed by atoms with Crippen molar-refractivity contribution in [2.45, 2.75) is 51.4 Å². The van der Waals surface area contributed by atoms with E-state index in [2.05, 4.69) is 5.32 Å². The third kappa shape index (κ3) is 3.65. The Kier molecular flexibility index (Phi) is 5.04. The summed E-state index contributed by atoms with van der Waals surface area (Å²) >= 11 is 1.58. The Morgan fingerprint density at radius 1 is 1.00 bits per heavy atom. The van der Waals surface area contributed by atoms with E-state index in [-0.39, 0.29) is 12.5 Å². The van der Waals surface area contributed by atoms with Gasteiger partial charge >= 0.3 is 5.97 Å². The predicted octanol–water partition coefficient (Wildman–Crippen LogP) is 4.01. The smallest absolute Gasteiger partial charge is 0.312 e. The van der Waals surface area contributed by atoms with E-state index < -0.39 is 11.4 Å². The molecule has 142 valence electrons. The van der Waals surface area contributed by atoms with E-state index in [4.69, 9.17) is 0 Å². The molecule has 27 heavy (non-hydrogen) atoms. The number of nitrogens with one attached hydrogen (secondary N) is 1. The number of fused-ring (bicyclic) bond motifs is 2. The highest BCUT2D eigenvalue weighted by Crippen LogP contribution is 2.37. The van der Waals surface area contributed by atoms with Crippen LogP contribution in [-0.4, -0.2) is 23.5 Å². The summed E-state index contributed by atoms with van der Waals surface area (Å²) in [5, 5.41) is 12.8. The number of hydrogen-bond acceptors (Lipinski definition) is 3. The molecule has 0 saturated carbocycles. The lowest BCUT2D eigenvalue weighted by molar-refractivity contribution is -0.148. The summed E-state index contributed by atoms with van der Waals surface area (Å²) in [5.74, 6) is -0.972. The molecular weight excluding hydrogens is 358 g/mol. The maximum Gasteiger partial charge on any atom is 0.312 e. The van der Waals surface area contributed by atoms with Gasteiger partial charge in [-0.1, -0.05) is 37.1 Å². The third-order valence-electron chi connectivity index (χ3n) is 5.94. The SMILES string of the molecule is O=C(NCC1(C(=O)O)Cc2ccccc2C1)c1cc2c(s1)CCCCCC2. The lowest BCUT2D eigenvalue weighted by Crippen LogP contribution is -2.43. The summed E-state index contributed by atoms with van der Waals surface area (Å²) in [6.45, 7) is 0.165. The van der Waals surface area contributed by atoms with Crippen LogP contribution in [0.4, 0.5) is 0 Å². The van der Waals surface area contributed by atoms with Crippen LogP contribution in [0, 0.1) is 5.41 Å². The summed E-state index contributed by atoms with van der Waals surface area (Å²) in [6.07, 6.45) is 7.95. The van der Waals surface area contributed by atoms with Crippen LogP contribution in [0.25, 0.3) is 0 Å². The molecule has 1 aromatic heterocycles. The van der Waals surface area contributed by atoms with E-state index in [1.807, 2.05) is 30.3 Å². The van der Waals surface area contributed by atoms with Gasteiger partial charge in [0.15, 0.2) is 0 Å². The van der Waals surface area contributed by atoms with Crippen molar-refractivity contribution < 1.29 is 14.7 Å². The van der Waals surface area contributed by atoms with Gasteiger partial charge in [-0.3, -0.25) is 9.59 Å². The summed E-state index contributed by atoms with van der Waals surface area (Å²) < 4.78 is 0. The molecule has 1 aromatic carbocycles. The van der Waals surface area contributed by atoms with Crippen molar-refractivity contribution >= 4 is 23.2 Å². The second kappa shape index (κ2) is 7.47. The van der Waals surface area contributed by atoms with Gasteiger partial charge in [0.2, 0.25) is 0 Å². The number of carboxylic acids is 1. The number of rotatable bonds is 4. The van der Waals surface area contributed by atoms with Gasteiger partial charge in [0.05, 0.1) is 10.3 Å². The number of aryl methyl sites for hydroxylation is 2. The van der Waals surface area contributed by atoms with E-state index >= 15 is 0 Å². The first-order valence-electron chi connectivity index (χ1n) is 9.77. The highest BCUT2D eigenvalue weighted by atomic mass is 32.1. The van der Waals surface area contributed by atoms with Crippen LogP contribution < -0.4 is 5.32 Å². The van der Waals surface area contributed by atoms with Crippen LogP contribution in [0.5, 0.6) is 0 Å². The van der Waals surface area contributed by atoms with E-state index in [0.717, 1.165) is 28.8 Å². The van der Waals surface area contributed by atoms with Crippen molar-refractivity contribution in [2.24, 2.45) is 5.41 Å². The van der Waals surface area contributed by atoms with Gasteiger partial charge in [0.1, 0.15) is 0 Å². The van der Waals surface area contributed by atoms with Crippen LogP contribution >= 0.6 is 11.3 Å². The lowest BCUT2D eigenvalue weighted by Gasteiger charge is -2.24. The van der Waals surface area contributed by atoms with Gasteiger partial charge in [-0.05, 0) is 61.3 Å². The number of benzene rings is 1. The van der Waals surface area contributed by atoms with Crippen LogP contribution in [0.1, 0.15) is 56.9 Å². The Morgan fingerprint density at radius 2 is 1.67 bits per heavy atom. The molecule has 2 aromatic rings. The number of hydrogen-bond donors (Lipinski definition) is 2. The Labute approximate surface area is 163 Å². The first kappa shape index (κ1) is 18.2. The standard InChI is InChI=1S/C22H25NO3S/c24-20(19-11-15-7-3-1-2-4-10-18(15)27-19)23-14-22(21(25)26)12-16-8-5-6-9-17(16)13-22/h5-6,8-9,11H,1-4,7,10,12-14H2,(H,23,24)(H,25,26). The molecule has 0 atom stereocenters. The molecule has 0 unspecified atom stereocenters. The fourth-order valence-electron chi connectivity index (χ4n) is 4.34. The minimum Gasteiger partial charge on any atom is -0.481 e. The Morgan fingerprint density at radius 3 is 2.33 bits per heavy atom. The fraction of sp³-hybridized carbons (Fsp3) is 0.455. The zero-order chi connectivity index (χ0) is 18.9. The summed E-state index contributed by atoms with van der Waals surface area (Å²) in [4.78, 5) is 26.8. The fourth-order valence-corrected chi connectivity index (χ4v) is 5.51. The Bertz CT molecular complexity index is 820. The van der Waals surface area contributed by atoms with Crippen molar-refractivity contribution in [1.29, 1.82) is 0 Å². The molecule has 0 saturated heterocycles. The predicted molar refractivity (Wildman–Crippen MR) is 106 cm³/mol. The van der Waals surface area contributed by atoms with Gasteiger partial charge in [-0.2, -0.15) is 0 Å². The van der Waals surface area contributed by atoms with Crippen molar-refractivity contribution in [3.8, 4) is 0 Å². The topological polar surface area (TPSA) is 66.4 Å². The van der Waals surface area contributed by atoms with Crippen LogP contribution in [0.15, 0.2) is 30.3 Å². The quantitative estimate of drug-likeness (QED) is 0.838. The Hall–Kier alpha value is -2.14. The van der Waals surface area contributed by atoms with Gasteiger partial charge in [-0.15, -0.1) is 11.3 Å². The summed E-state index contributed by atoms with van der Waals surface area (Å²) in [5.41, 5.74) is 2.53. The molecular formula is C22H25NO3S. The molecule has 0 aliphatic heterocycles. The van der Waals surface area contributed by atoms with Crippen molar-refractivity contribution in [1.82, 2.24) is 5.32 Å². The summed E-state index contributed by atoms with van der Waals surface area (Å²) in [6, 6.07) is 9.88. The number of amides is 1. The minimum absolute atomic E-state index is 0.136. The van der Waals surface area contributed by atoms with Crippen molar-refractivity contribution in [2.75, 3.05) is 6.54 Å². The second-order valence-electron chi connectivity index (χ2n) is 7.86. The molecule has 1 heterocycles. The van der Waals surface area contributed by atoms with E-state index in [0.29, 0.717) is 12.8 Å². The van der Waals surface area contributed by atoms with Gasteiger partial charge in [-0.25, -0.2) is 0 Å². The molecule has 1 amide bonds. The van der Waals surface area contributed by atoms with E-state index in [1.165, 1.54) is 36.1 Å². The van der Waals surface area contributed by atoms with Crippen LogP contribution in [0.3, 0.4) is 0 Å². The highest BCUT2D eigenvalue weighted by Gasteiger charge is 2.44. The molecule has 0 bridgehead atoms. The first-order chi connectivity index (χ1) is 13.1. The number of carboxylic acid groups (broad SMARTS) is 1. The normalized spacial score (nSPS) is 18.1. The second-order valence-corrected chi connectivity index (χ2v) is 9.00. The van der Waals surface area contributed by atoms with Crippen molar-refractivity contribution in [3.05, 3.63) is 56.8 Å². The number of carbonyl (C=O) groups is 2. The van der Waals surface area contributed by atoms with Gasteiger partial charge in [0, 0.05) is 11.4 Å². The zero-order valence-electron chi connectivity index (χ0n) is 15.4. The molecule has 2 aliphatic carbocycles. The largest absolute Gasteiger partial charge is 0.481 e. The molecule has 2 aliphatic rings. The average Bonchev–Trinajstić information content (AvgIpc) is 3.21. The number of thiophene rings is 1. The first-order valence-corrected chi connectivity index (χ1v) is 10.6. The molecule has 0 spiro atoms. The van der Waals surface area contributed by atoms with Gasteiger partial charge in [0.25, 0.3) is 5.91 Å². The maximum atomic E-state index is 12.7. The van der Waals surface area contributed by atoms with Crippen LogP contribution in [0.2, 0.25) is 0 Å². The maximum absolute atomic E-state index is 12.7. The minimum atomic E-state index is -0.939. The summed E-state index contributed by atoms with van der Waals surface area (Å²) in [7, 11) is 0.